The third-order valence-corrected chi connectivity index (χ3v) is 5.68. The van der Waals surface area contributed by atoms with Crippen LogP contribution in [0.4, 0.5) is 4.79 Å². The van der Waals surface area contributed by atoms with E-state index in [0.717, 1.165) is 12.8 Å². The molecule has 0 saturated heterocycles. The highest BCUT2D eigenvalue weighted by molar-refractivity contribution is 7.08. The molecule has 0 radical (unpaired) electrons. The normalized spacial score (nSPS) is 21.4. The van der Waals surface area contributed by atoms with E-state index in [1.807, 2.05) is 19.2 Å². The molecule has 8 heteroatoms. The molecule has 1 heterocycles. The molecule has 1 aromatic heterocycles. The molecule has 2 rings (SSSR count). The number of carbonyl (C=O) groups is 3. The highest BCUT2D eigenvalue weighted by Crippen LogP contribution is 2.27. The van der Waals surface area contributed by atoms with E-state index in [2.05, 4.69) is 10.6 Å². The Morgan fingerprint density at radius 1 is 1.19 bits per heavy atom. The second-order valence-corrected chi connectivity index (χ2v) is 9.54. The van der Waals surface area contributed by atoms with Gasteiger partial charge in [0.15, 0.2) is 5.78 Å². The fourth-order valence-electron chi connectivity index (χ4n) is 3.55. The van der Waals surface area contributed by atoms with Crippen molar-refractivity contribution in [3.63, 3.8) is 0 Å². The third kappa shape index (κ3) is 7.47. The molecule has 0 bridgehead atoms. The van der Waals surface area contributed by atoms with Crippen LogP contribution in [0.5, 0.6) is 0 Å². The molecular weight excluding hydrogens is 416 g/mol. The van der Waals surface area contributed by atoms with Gasteiger partial charge in [0.2, 0.25) is 5.91 Å². The molecule has 0 fully saturated rings. The van der Waals surface area contributed by atoms with Crippen molar-refractivity contribution in [3.05, 3.63) is 34.0 Å². The predicted molar refractivity (Wildman–Crippen MR) is 121 cm³/mol. The average molecular weight is 451 g/mol. The summed E-state index contributed by atoms with van der Waals surface area (Å²) in [5, 5.41) is 9.42. The molecule has 0 unspecified atom stereocenters. The van der Waals surface area contributed by atoms with E-state index < -0.39 is 29.9 Å². The lowest BCUT2D eigenvalue weighted by Crippen LogP contribution is -2.60. The summed E-state index contributed by atoms with van der Waals surface area (Å²) in [5.41, 5.74) is 0.488. The van der Waals surface area contributed by atoms with Crippen molar-refractivity contribution in [2.24, 2.45) is 0 Å². The molecule has 1 aromatic rings. The Bertz CT molecular complexity index is 793. The van der Waals surface area contributed by atoms with Crippen LogP contribution >= 0.6 is 11.3 Å². The number of alkyl carbamates (subject to hydrolysis) is 1. The van der Waals surface area contributed by atoms with Crippen LogP contribution in [0.25, 0.3) is 0 Å². The molecular formula is C23H34N2O5S. The lowest BCUT2D eigenvalue weighted by atomic mass is 9.84. The number of thiophene rings is 1. The molecule has 31 heavy (non-hydrogen) atoms. The number of ketones is 1. The largest absolute Gasteiger partial charge is 0.444 e. The van der Waals surface area contributed by atoms with Gasteiger partial charge < -0.3 is 20.1 Å². The summed E-state index contributed by atoms with van der Waals surface area (Å²) in [5.74, 6) is -0.336. The first-order chi connectivity index (χ1) is 14.5. The number of carbonyl (C=O) groups excluding carboxylic acids is 3. The second-order valence-electron chi connectivity index (χ2n) is 8.76. The van der Waals surface area contributed by atoms with Crippen LogP contribution in [0, 0.1) is 0 Å². The minimum absolute atomic E-state index is 0.0321. The highest BCUT2D eigenvalue weighted by Gasteiger charge is 2.39. The van der Waals surface area contributed by atoms with Crippen LogP contribution in [0.3, 0.4) is 0 Å². The van der Waals surface area contributed by atoms with Gasteiger partial charge in [0.1, 0.15) is 5.60 Å². The first-order valence-corrected chi connectivity index (χ1v) is 11.7. The van der Waals surface area contributed by atoms with E-state index in [9.17, 15) is 14.4 Å². The van der Waals surface area contributed by atoms with Crippen molar-refractivity contribution >= 4 is 29.1 Å². The van der Waals surface area contributed by atoms with E-state index in [1.54, 1.807) is 38.3 Å². The Hall–Kier alpha value is -2.19. The monoisotopic (exact) mass is 450 g/mol. The zero-order valence-electron chi connectivity index (χ0n) is 19.2. The van der Waals surface area contributed by atoms with Gasteiger partial charge in [0.25, 0.3) is 0 Å². The number of amides is 2. The zero-order valence-corrected chi connectivity index (χ0v) is 20.0. The molecule has 0 aliphatic heterocycles. The van der Waals surface area contributed by atoms with Gasteiger partial charge in [0.05, 0.1) is 24.3 Å². The van der Waals surface area contributed by atoms with Gasteiger partial charge in [-0.1, -0.05) is 13.8 Å². The summed E-state index contributed by atoms with van der Waals surface area (Å²) >= 11 is 1.45. The topological polar surface area (TPSA) is 93.7 Å². The van der Waals surface area contributed by atoms with Crippen LogP contribution in [-0.4, -0.2) is 47.7 Å². The Balaban J connectivity index is 2.38. The van der Waals surface area contributed by atoms with Crippen molar-refractivity contribution < 1.29 is 23.9 Å². The smallest absolute Gasteiger partial charge is 0.407 e. The average Bonchev–Trinajstić information content (AvgIpc) is 3.20. The van der Waals surface area contributed by atoms with Crippen LogP contribution in [0.2, 0.25) is 0 Å². The van der Waals surface area contributed by atoms with Crippen molar-refractivity contribution in [3.8, 4) is 0 Å². The lowest BCUT2D eigenvalue weighted by molar-refractivity contribution is -0.121. The van der Waals surface area contributed by atoms with Gasteiger partial charge in [-0.25, -0.2) is 4.79 Å². The Morgan fingerprint density at radius 3 is 2.39 bits per heavy atom. The number of Topliss-reactive ketones (excluding diaryl/α,β-unsaturated/α-hetero) is 1. The Labute approximate surface area is 188 Å². The molecule has 3 atom stereocenters. The summed E-state index contributed by atoms with van der Waals surface area (Å²) in [6, 6.07) is 0.700. The van der Waals surface area contributed by atoms with Crippen LogP contribution in [0.15, 0.2) is 28.5 Å². The van der Waals surface area contributed by atoms with Crippen LogP contribution in [-0.2, 0) is 14.3 Å². The number of hydrogen-bond donors (Lipinski definition) is 2. The quantitative estimate of drug-likeness (QED) is 0.578. The van der Waals surface area contributed by atoms with Gasteiger partial charge in [-0.2, -0.15) is 11.3 Å². The van der Waals surface area contributed by atoms with Crippen molar-refractivity contribution in [1.29, 1.82) is 0 Å². The summed E-state index contributed by atoms with van der Waals surface area (Å²) in [7, 11) is 0. The standard InChI is InChI=1S/C23H34N2O5S/c1-7-17(8-2)29-19-12-16(21(27)15-9-10-31-13-15)11-18(20(19)24-14(3)26)25-22(28)30-23(4,5)6/h9-10,12-13,17-20H,7-8,11H2,1-6H3,(H,24,26)(H,25,28)/t18-,19+,20+/m0/s1. The van der Waals surface area contributed by atoms with E-state index in [0.29, 0.717) is 11.1 Å². The third-order valence-electron chi connectivity index (χ3n) is 5.00. The summed E-state index contributed by atoms with van der Waals surface area (Å²) in [6.45, 7) is 10.8. The highest BCUT2D eigenvalue weighted by atomic mass is 32.1. The Kier molecular flexibility index (Phi) is 8.82. The predicted octanol–water partition coefficient (Wildman–Crippen LogP) is 4.23. The lowest BCUT2D eigenvalue weighted by Gasteiger charge is -2.39. The molecule has 2 N–H and O–H groups in total. The maximum absolute atomic E-state index is 13.1. The zero-order chi connectivity index (χ0) is 23.2. The van der Waals surface area contributed by atoms with Gasteiger partial charge in [-0.15, -0.1) is 0 Å². The minimum atomic E-state index is -0.668. The molecule has 0 spiro atoms. The number of ether oxygens (including phenoxy) is 2. The number of hydrogen-bond acceptors (Lipinski definition) is 6. The van der Waals surface area contributed by atoms with E-state index in [1.165, 1.54) is 18.3 Å². The SMILES string of the molecule is CCC(CC)O[C@@H]1C=C(C(=O)c2ccsc2)C[C@H](NC(=O)OC(C)(C)C)[C@H]1NC(C)=O. The molecule has 7 nitrogen and oxygen atoms in total. The van der Waals surface area contributed by atoms with E-state index in [4.69, 9.17) is 9.47 Å². The maximum Gasteiger partial charge on any atom is 0.407 e. The summed E-state index contributed by atoms with van der Waals surface area (Å²) in [6.07, 6.45) is 2.47. The molecule has 2 amide bonds. The fourth-order valence-corrected chi connectivity index (χ4v) is 4.19. The van der Waals surface area contributed by atoms with E-state index in [-0.39, 0.29) is 24.2 Å². The van der Waals surface area contributed by atoms with Crippen LogP contribution < -0.4 is 10.6 Å². The second kappa shape index (κ2) is 10.9. The molecule has 1 aliphatic carbocycles. The molecule has 0 saturated carbocycles. The van der Waals surface area contributed by atoms with Crippen LogP contribution in [0.1, 0.15) is 71.2 Å². The van der Waals surface area contributed by atoms with Gasteiger partial charge in [0, 0.05) is 23.4 Å². The fraction of sp³-hybridized carbons (Fsp3) is 0.609. The summed E-state index contributed by atoms with van der Waals surface area (Å²) in [4.78, 5) is 37.5. The first-order valence-electron chi connectivity index (χ1n) is 10.7. The summed E-state index contributed by atoms with van der Waals surface area (Å²) < 4.78 is 11.7. The van der Waals surface area contributed by atoms with Crippen molar-refractivity contribution in [2.45, 2.75) is 90.7 Å². The molecule has 1 aliphatic rings. The Morgan fingerprint density at radius 2 is 1.87 bits per heavy atom. The number of nitrogens with one attached hydrogen (secondary N) is 2. The molecule has 0 aromatic carbocycles. The molecule has 172 valence electrons. The van der Waals surface area contributed by atoms with Gasteiger partial charge >= 0.3 is 6.09 Å². The first kappa shape index (κ1) is 25.1. The van der Waals surface area contributed by atoms with E-state index >= 15 is 0 Å². The maximum atomic E-state index is 13.1. The van der Waals surface area contributed by atoms with Gasteiger partial charge in [-0.05, 0) is 57.6 Å². The number of rotatable bonds is 8. The minimum Gasteiger partial charge on any atom is -0.444 e. The van der Waals surface area contributed by atoms with Crippen molar-refractivity contribution in [1.82, 2.24) is 10.6 Å². The van der Waals surface area contributed by atoms with Gasteiger partial charge in [-0.3, -0.25) is 9.59 Å². The van der Waals surface area contributed by atoms with Crippen molar-refractivity contribution in [2.75, 3.05) is 0 Å².